The van der Waals surface area contributed by atoms with Crippen molar-refractivity contribution in [3.8, 4) is 0 Å². The number of aromatic nitrogens is 2. The second kappa shape index (κ2) is 4.65. The molecule has 2 aromatic heterocycles. The van der Waals surface area contributed by atoms with E-state index >= 15 is 0 Å². The van der Waals surface area contributed by atoms with Gasteiger partial charge in [0.1, 0.15) is 11.4 Å². The van der Waals surface area contributed by atoms with E-state index in [1.54, 1.807) is 19.2 Å². The van der Waals surface area contributed by atoms with Crippen molar-refractivity contribution in [1.82, 2.24) is 9.97 Å². The lowest BCUT2D eigenvalue weighted by atomic mass is 9.91. The number of aliphatic hydroxyl groups is 1. The molecule has 4 heteroatoms. The number of rotatable bonds is 2. The minimum atomic E-state index is -1.28. The van der Waals surface area contributed by atoms with Gasteiger partial charge in [0.2, 0.25) is 0 Å². The minimum absolute atomic E-state index is 0.405. The number of halogens is 1. The normalized spacial score (nSPS) is 14.2. The standard InChI is InChI=1S/C16H13FN2O/c1-16(20,15-7-5-13(17)10-19-15)12-4-6-14-11(9-12)3-2-8-18-14/h2-10,20H,1H3. The molecule has 0 saturated heterocycles. The maximum absolute atomic E-state index is 12.9. The number of hydrogen-bond acceptors (Lipinski definition) is 3. The van der Waals surface area contributed by atoms with Gasteiger partial charge in [-0.25, -0.2) is 4.39 Å². The van der Waals surface area contributed by atoms with Crippen LogP contribution >= 0.6 is 0 Å². The fraction of sp³-hybridized carbons (Fsp3) is 0.125. The van der Waals surface area contributed by atoms with E-state index in [2.05, 4.69) is 9.97 Å². The Kier molecular flexibility index (Phi) is 2.95. The first kappa shape index (κ1) is 12.7. The zero-order chi connectivity index (χ0) is 14.2. The quantitative estimate of drug-likeness (QED) is 0.777. The summed E-state index contributed by atoms with van der Waals surface area (Å²) < 4.78 is 12.9. The molecular weight excluding hydrogens is 255 g/mol. The van der Waals surface area contributed by atoms with Crippen LogP contribution in [0.25, 0.3) is 10.9 Å². The van der Waals surface area contributed by atoms with Crippen molar-refractivity contribution < 1.29 is 9.50 Å². The van der Waals surface area contributed by atoms with E-state index in [-0.39, 0.29) is 0 Å². The third-order valence-electron chi connectivity index (χ3n) is 3.39. The van der Waals surface area contributed by atoms with Crippen molar-refractivity contribution >= 4 is 10.9 Å². The zero-order valence-electron chi connectivity index (χ0n) is 10.9. The summed E-state index contributed by atoms with van der Waals surface area (Å²) in [5, 5.41) is 11.6. The summed E-state index contributed by atoms with van der Waals surface area (Å²) in [6.07, 6.45) is 2.83. The predicted octanol–water partition coefficient (Wildman–Crippen LogP) is 3.02. The van der Waals surface area contributed by atoms with Gasteiger partial charge >= 0.3 is 0 Å². The van der Waals surface area contributed by atoms with Crippen LogP contribution in [0.1, 0.15) is 18.2 Å². The van der Waals surface area contributed by atoms with Crippen LogP contribution in [0.3, 0.4) is 0 Å². The summed E-state index contributed by atoms with van der Waals surface area (Å²) in [6.45, 7) is 1.64. The molecule has 0 bridgehead atoms. The van der Waals surface area contributed by atoms with E-state index in [1.807, 2.05) is 24.3 Å². The van der Waals surface area contributed by atoms with Crippen molar-refractivity contribution in [2.45, 2.75) is 12.5 Å². The van der Waals surface area contributed by atoms with Crippen LogP contribution in [0, 0.1) is 5.82 Å². The van der Waals surface area contributed by atoms with Crippen LogP contribution < -0.4 is 0 Å². The number of nitrogens with zero attached hydrogens (tertiary/aromatic N) is 2. The van der Waals surface area contributed by atoms with Crippen LogP contribution in [-0.4, -0.2) is 15.1 Å². The Balaban J connectivity index is 2.10. The number of fused-ring (bicyclic) bond motifs is 1. The van der Waals surface area contributed by atoms with Crippen molar-refractivity contribution in [2.75, 3.05) is 0 Å². The fourth-order valence-corrected chi connectivity index (χ4v) is 2.19. The molecule has 0 fully saturated rings. The van der Waals surface area contributed by atoms with Gasteiger partial charge in [0.15, 0.2) is 0 Å². The fourth-order valence-electron chi connectivity index (χ4n) is 2.19. The highest BCUT2D eigenvalue weighted by molar-refractivity contribution is 5.79. The molecule has 20 heavy (non-hydrogen) atoms. The van der Waals surface area contributed by atoms with Crippen molar-refractivity contribution in [1.29, 1.82) is 0 Å². The highest BCUT2D eigenvalue weighted by Gasteiger charge is 2.27. The second-order valence-electron chi connectivity index (χ2n) is 4.84. The van der Waals surface area contributed by atoms with Crippen molar-refractivity contribution in [3.63, 3.8) is 0 Å². The second-order valence-corrected chi connectivity index (χ2v) is 4.84. The van der Waals surface area contributed by atoms with Crippen LogP contribution in [0.5, 0.6) is 0 Å². The molecule has 1 aromatic carbocycles. The molecule has 0 aliphatic carbocycles. The molecule has 3 aromatic rings. The van der Waals surface area contributed by atoms with E-state index < -0.39 is 11.4 Å². The molecule has 0 radical (unpaired) electrons. The van der Waals surface area contributed by atoms with Gasteiger partial charge in [-0.1, -0.05) is 12.1 Å². The lowest BCUT2D eigenvalue weighted by Crippen LogP contribution is -2.24. The summed E-state index contributed by atoms with van der Waals surface area (Å²) in [4.78, 5) is 8.21. The Morgan fingerprint density at radius 1 is 1.10 bits per heavy atom. The van der Waals surface area contributed by atoms with Gasteiger partial charge in [0.25, 0.3) is 0 Å². The van der Waals surface area contributed by atoms with E-state index in [9.17, 15) is 9.50 Å². The summed E-state index contributed by atoms with van der Waals surface area (Å²) in [5.41, 5.74) is 0.677. The van der Waals surface area contributed by atoms with E-state index in [4.69, 9.17) is 0 Å². The number of hydrogen-bond donors (Lipinski definition) is 1. The summed E-state index contributed by atoms with van der Waals surface area (Å²) in [6, 6.07) is 12.1. The molecule has 0 spiro atoms. The van der Waals surface area contributed by atoms with E-state index in [1.165, 1.54) is 12.1 Å². The molecule has 1 unspecified atom stereocenters. The summed E-state index contributed by atoms with van der Waals surface area (Å²) in [7, 11) is 0. The zero-order valence-corrected chi connectivity index (χ0v) is 10.9. The van der Waals surface area contributed by atoms with Gasteiger partial charge in [0.05, 0.1) is 17.4 Å². The monoisotopic (exact) mass is 268 g/mol. The Hall–Kier alpha value is -2.33. The SMILES string of the molecule is CC(O)(c1ccc2ncccc2c1)c1ccc(F)cn1. The highest BCUT2D eigenvalue weighted by atomic mass is 19.1. The lowest BCUT2D eigenvalue weighted by Gasteiger charge is -2.23. The van der Waals surface area contributed by atoms with Crippen molar-refractivity contribution in [3.05, 3.63) is 71.9 Å². The van der Waals surface area contributed by atoms with Gasteiger partial charge in [-0.2, -0.15) is 0 Å². The molecule has 2 heterocycles. The van der Waals surface area contributed by atoms with Crippen LogP contribution in [0.4, 0.5) is 4.39 Å². The largest absolute Gasteiger partial charge is 0.379 e. The van der Waals surface area contributed by atoms with Crippen LogP contribution in [0.2, 0.25) is 0 Å². The molecule has 100 valence electrons. The average molecular weight is 268 g/mol. The van der Waals surface area contributed by atoms with Gasteiger partial charge in [-0.15, -0.1) is 0 Å². The molecule has 1 atom stereocenters. The van der Waals surface area contributed by atoms with Gasteiger partial charge < -0.3 is 5.11 Å². The van der Waals surface area contributed by atoms with Crippen LogP contribution in [0.15, 0.2) is 54.9 Å². The predicted molar refractivity (Wildman–Crippen MR) is 74.6 cm³/mol. The Morgan fingerprint density at radius 3 is 2.70 bits per heavy atom. The molecular formula is C16H13FN2O. The third-order valence-corrected chi connectivity index (χ3v) is 3.39. The maximum Gasteiger partial charge on any atom is 0.141 e. The lowest BCUT2D eigenvalue weighted by molar-refractivity contribution is 0.0974. The van der Waals surface area contributed by atoms with Crippen LogP contribution in [-0.2, 0) is 5.60 Å². The summed E-state index contributed by atoms with van der Waals surface area (Å²) >= 11 is 0. The number of benzene rings is 1. The molecule has 3 rings (SSSR count). The Bertz CT molecular complexity index is 754. The van der Waals surface area contributed by atoms with E-state index in [0.717, 1.165) is 17.1 Å². The first-order valence-electron chi connectivity index (χ1n) is 6.27. The minimum Gasteiger partial charge on any atom is -0.379 e. The Morgan fingerprint density at radius 2 is 1.95 bits per heavy atom. The Labute approximate surface area is 115 Å². The smallest absolute Gasteiger partial charge is 0.141 e. The maximum atomic E-state index is 12.9. The molecule has 0 amide bonds. The van der Waals surface area contributed by atoms with Crippen molar-refractivity contribution in [2.24, 2.45) is 0 Å². The molecule has 0 aliphatic heterocycles. The van der Waals surface area contributed by atoms with Gasteiger partial charge in [-0.05, 0) is 42.8 Å². The summed E-state index contributed by atoms with van der Waals surface area (Å²) in [5.74, 6) is -0.424. The van der Waals surface area contributed by atoms with Gasteiger partial charge in [0, 0.05) is 11.6 Å². The topological polar surface area (TPSA) is 46.0 Å². The van der Waals surface area contributed by atoms with E-state index in [0.29, 0.717) is 11.3 Å². The molecule has 0 aliphatic rings. The molecule has 1 N–H and O–H groups in total. The first-order valence-corrected chi connectivity index (χ1v) is 6.27. The molecule has 0 saturated carbocycles. The number of pyridine rings is 2. The molecule has 3 nitrogen and oxygen atoms in total. The third kappa shape index (κ3) is 2.14. The van der Waals surface area contributed by atoms with Gasteiger partial charge in [-0.3, -0.25) is 9.97 Å². The first-order chi connectivity index (χ1) is 9.57. The highest BCUT2D eigenvalue weighted by Crippen LogP contribution is 2.29. The average Bonchev–Trinajstić information content (AvgIpc) is 2.47.